The highest BCUT2D eigenvalue weighted by Gasteiger charge is 2.47. The number of hydrogen-bond donors (Lipinski definition) is 1. The summed E-state index contributed by atoms with van der Waals surface area (Å²) in [6.45, 7) is 3.75. The first-order valence-corrected chi connectivity index (χ1v) is 11.9. The lowest BCUT2D eigenvalue weighted by Gasteiger charge is -2.25. The Labute approximate surface area is 214 Å². The van der Waals surface area contributed by atoms with Crippen LogP contribution in [-0.2, 0) is 23.2 Å². The summed E-state index contributed by atoms with van der Waals surface area (Å²) < 4.78 is 20.9. The van der Waals surface area contributed by atoms with E-state index in [4.69, 9.17) is 4.74 Å². The van der Waals surface area contributed by atoms with E-state index in [9.17, 15) is 19.1 Å². The first-order chi connectivity index (χ1) is 17.7. The van der Waals surface area contributed by atoms with Crippen molar-refractivity contribution < 1.29 is 23.8 Å². The van der Waals surface area contributed by atoms with Crippen LogP contribution in [0.15, 0.2) is 72.4 Å². The lowest BCUT2D eigenvalue weighted by Crippen LogP contribution is -2.29. The molecule has 4 aromatic rings. The van der Waals surface area contributed by atoms with Gasteiger partial charge in [0.1, 0.15) is 17.3 Å². The van der Waals surface area contributed by atoms with Gasteiger partial charge in [-0.2, -0.15) is 0 Å². The summed E-state index contributed by atoms with van der Waals surface area (Å²) in [5, 5.41) is 12.5. The van der Waals surface area contributed by atoms with Crippen LogP contribution in [0.25, 0.3) is 16.7 Å². The van der Waals surface area contributed by atoms with E-state index in [1.165, 1.54) is 17.0 Å². The molecule has 37 heavy (non-hydrogen) atoms. The molecule has 1 N–H and O–H groups in total. The molecule has 1 atom stereocenters. The molecule has 5 rings (SSSR count). The number of aliphatic hydroxyl groups is 1. The van der Waals surface area contributed by atoms with E-state index in [0.29, 0.717) is 22.4 Å². The number of Topliss-reactive ketones (excluding diaryl/α,β-unsaturated/α-hetero) is 1. The number of likely N-dealkylation sites (tertiary alicyclic amines) is 1. The Hall–Kier alpha value is -4.39. The number of aryl methyl sites for hydroxylation is 3. The molecule has 1 amide bonds. The number of carbonyl (C=O) groups is 2. The quantitative estimate of drug-likeness (QED) is 0.222. The third kappa shape index (κ3) is 4.06. The molecule has 3 aromatic carbocycles. The highest BCUT2D eigenvalue weighted by atomic mass is 19.1. The normalized spacial score (nSPS) is 17.1. The van der Waals surface area contributed by atoms with Gasteiger partial charge in [-0.15, -0.1) is 0 Å². The van der Waals surface area contributed by atoms with E-state index in [-0.39, 0.29) is 23.7 Å². The zero-order valence-electron chi connectivity index (χ0n) is 21.1. The summed E-state index contributed by atoms with van der Waals surface area (Å²) >= 11 is 0. The largest absolute Gasteiger partial charge is 0.507 e. The topological polar surface area (TPSA) is 71.8 Å². The van der Waals surface area contributed by atoms with Crippen LogP contribution < -0.4 is 4.74 Å². The van der Waals surface area contributed by atoms with Gasteiger partial charge in [0.25, 0.3) is 11.7 Å². The van der Waals surface area contributed by atoms with Gasteiger partial charge in [-0.3, -0.25) is 9.59 Å². The predicted octanol–water partition coefficient (Wildman–Crippen LogP) is 5.56. The Balaban J connectivity index is 1.74. The second-order valence-corrected chi connectivity index (χ2v) is 9.40. The molecular formula is C30H27FN2O4. The van der Waals surface area contributed by atoms with E-state index in [2.05, 4.69) is 0 Å². The second kappa shape index (κ2) is 9.24. The van der Waals surface area contributed by atoms with Gasteiger partial charge in [0.15, 0.2) is 0 Å². The Morgan fingerprint density at radius 1 is 1.03 bits per heavy atom. The number of amides is 1. The number of aliphatic hydroxyl groups excluding tert-OH is 1. The van der Waals surface area contributed by atoms with E-state index in [1.807, 2.05) is 55.9 Å². The number of ether oxygens (including phenoxy) is 1. The molecule has 0 bridgehead atoms. The molecule has 1 aliphatic heterocycles. The first kappa shape index (κ1) is 24.3. The maximum absolute atomic E-state index is 13.6. The third-order valence-electron chi connectivity index (χ3n) is 7.03. The van der Waals surface area contributed by atoms with E-state index in [1.54, 1.807) is 31.4 Å². The van der Waals surface area contributed by atoms with Crippen molar-refractivity contribution >= 4 is 28.4 Å². The number of methoxy groups -OCH3 is 1. The zero-order valence-corrected chi connectivity index (χ0v) is 21.1. The van der Waals surface area contributed by atoms with Crippen LogP contribution in [0.2, 0.25) is 0 Å². The molecule has 188 valence electrons. The lowest BCUT2D eigenvalue weighted by molar-refractivity contribution is -0.140. The molecule has 1 saturated heterocycles. The molecule has 1 aliphatic rings. The number of rotatable bonds is 5. The molecule has 0 aliphatic carbocycles. The third-order valence-corrected chi connectivity index (χ3v) is 7.03. The minimum absolute atomic E-state index is 0.0242. The number of benzene rings is 3. The van der Waals surface area contributed by atoms with E-state index in [0.717, 1.165) is 22.0 Å². The number of nitrogens with zero attached hydrogens (tertiary/aromatic N) is 2. The molecule has 0 saturated carbocycles. The van der Waals surface area contributed by atoms with Crippen LogP contribution in [-0.4, -0.2) is 33.4 Å². The van der Waals surface area contributed by atoms with Crippen molar-refractivity contribution in [3.63, 3.8) is 0 Å². The number of ketones is 1. The number of fused-ring (bicyclic) bond motifs is 1. The summed E-state index contributed by atoms with van der Waals surface area (Å²) in [7, 11) is 3.47. The van der Waals surface area contributed by atoms with Gasteiger partial charge in [-0.05, 0) is 60.9 Å². The van der Waals surface area contributed by atoms with Crippen molar-refractivity contribution in [2.45, 2.75) is 26.4 Å². The predicted molar refractivity (Wildman–Crippen MR) is 140 cm³/mol. The van der Waals surface area contributed by atoms with Gasteiger partial charge in [0.2, 0.25) is 0 Å². The number of halogens is 1. The number of aromatic nitrogens is 1. The van der Waals surface area contributed by atoms with Gasteiger partial charge in [-0.1, -0.05) is 30.3 Å². The maximum atomic E-state index is 13.6. The van der Waals surface area contributed by atoms with Crippen molar-refractivity contribution in [3.05, 3.63) is 106 Å². The number of para-hydroxylation sites is 1. The smallest absolute Gasteiger partial charge is 0.295 e. The Kier molecular flexibility index (Phi) is 6.07. The fourth-order valence-corrected chi connectivity index (χ4v) is 5.15. The molecule has 6 nitrogen and oxygen atoms in total. The Morgan fingerprint density at radius 3 is 2.43 bits per heavy atom. The molecule has 1 aromatic heterocycles. The van der Waals surface area contributed by atoms with Crippen molar-refractivity contribution in [3.8, 4) is 5.75 Å². The molecule has 1 fully saturated rings. The summed E-state index contributed by atoms with van der Waals surface area (Å²) in [6.07, 6.45) is 1.89. The molecule has 1 unspecified atom stereocenters. The first-order valence-electron chi connectivity index (χ1n) is 11.9. The van der Waals surface area contributed by atoms with Gasteiger partial charge >= 0.3 is 0 Å². The maximum Gasteiger partial charge on any atom is 0.295 e. The molecular weight excluding hydrogens is 471 g/mol. The van der Waals surface area contributed by atoms with Crippen LogP contribution in [0.5, 0.6) is 5.75 Å². The summed E-state index contributed by atoms with van der Waals surface area (Å²) in [6, 6.07) is 16.3. The van der Waals surface area contributed by atoms with E-state index >= 15 is 0 Å². The van der Waals surface area contributed by atoms with Crippen molar-refractivity contribution in [1.29, 1.82) is 0 Å². The van der Waals surface area contributed by atoms with Crippen LogP contribution in [0.1, 0.15) is 33.9 Å². The minimum atomic E-state index is -0.835. The van der Waals surface area contributed by atoms with E-state index < -0.39 is 17.7 Å². The van der Waals surface area contributed by atoms with Gasteiger partial charge in [0.05, 0.1) is 18.7 Å². The second-order valence-electron chi connectivity index (χ2n) is 9.40. The van der Waals surface area contributed by atoms with Crippen LogP contribution in [0.3, 0.4) is 0 Å². The monoisotopic (exact) mass is 498 g/mol. The highest BCUT2D eigenvalue weighted by Crippen LogP contribution is 2.44. The Bertz CT molecular complexity index is 1580. The van der Waals surface area contributed by atoms with Gasteiger partial charge < -0.3 is 19.3 Å². The van der Waals surface area contributed by atoms with Crippen LogP contribution in [0.4, 0.5) is 4.39 Å². The lowest BCUT2D eigenvalue weighted by atomic mass is 9.92. The molecule has 2 heterocycles. The fraction of sp³-hybridized carbons (Fsp3) is 0.200. The SMILES string of the molecule is COc1cc(C)c(/C(O)=C2\C(=O)C(=O)N(Cc3ccc(F)cc3)C2c2cn(C)c3ccccc23)cc1C. The van der Waals surface area contributed by atoms with Crippen molar-refractivity contribution in [2.75, 3.05) is 7.11 Å². The number of hydrogen-bond acceptors (Lipinski definition) is 4. The Morgan fingerprint density at radius 2 is 1.73 bits per heavy atom. The average Bonchev–Trinajstić information content (AvgIpc) is 3.34. The minimum Gasteiger partial charge on any atom is -0.507 e. The van der Waals surface area contributed by atoms with Gasteiger partial charge in [0, 0.05) is 41.8 Å². The van der Waals surface area contributed by atoms with Crippen molar-refractivity contribution in [2.24, 2.45) is 7.05 Å². The molecule has 7 heteroatoms. The summed E-state index contributed by atoms with van der Waals surface area (Å²) in [5.74, 6) is -1.43. The standard InChI is InChI=1S/C30H27FN2O4/c1-17-14-25(37-4)18(2)13-22(17)28(34)26-27(23-16-32(3)24-8-6-5-7-21(23)24)33(30(36)29(26)35)15-19-9-11-20(31)12-10-19/h5-14,16,27,34H,15H2,1-4H3/b28-26+. The zero-order chi connectivity index (χ0) is 26.4. The molecule has 0 spiro atoms. The van der Waals surface area contributed by atoms with Crippen LogP contribution >= 0.6 is 0 Å². The van der Waals surface area contributed by atoms with Gasteiger partial charge in [-0.25, -0.2) is 4.39 Å². The fourth-order valence-electron chi connectivity index (χ4n) is 5.15. The van der Waals surface area contributed by atoms with Crippen molar-refractivity contribution in [1.82, 2.24) is 9.47 Å². The highest BCUT2D eigenvalue weighted by molar-refractivity contribution is 6.46. The number of carbonyl (C=O) groups excluding carboxylic acids is 2. The summed E-state index contributed by atoms with van der Waals surface area (Å²) in [5.41, 5.74) is 4.31. The van der Waals surface area contributed by atoms with Crippen LogP contribution in [0, 0.1) is 19.7 Å². The summed E-state index contributed by atoms with van der Waals surface area (Å²) in [4.78, 5) is 28.4. The molecule has 0 radical (unpaired) electrons. The average molecular weight is 499 g/mol.